The fraction of sp³-hybridized carbons (Fsp3) is 0.150. The number of ether oxygens (including phenoxy) is 1. The summed E-state index contributed by atoms with van der Waals surface area (Å²) in [4.78, 5) is 25.1. The summed E-state index contributed by atoms with van der Waals surface area (Å²) in [5.41, 5.74) is 1.86. The summed E-state index contributed by atoms with van der Waals surface area (Å²) in [5, 5.41) is 11.1. The van der Waals surface area contributed by atoms with E-state index in [-0.39, 0.29) is 12.3 Å². The number of halogens is 2. The molecule has 0 radical (unpaired) electrons. The molecular formula is C20H16Cl2N4O3. The lowest BCUT2D eigenvalue weighted by atomic mass is 10.1. The number of carbonyl (C=O) groups excluding carboxylic acids is 2. The second-order valence-corrected chi connectivity index (χ2v) is 7.34. The van der Waals surface area contributed by atoms with Crippen LogP contribution in [-0.2, 0) is 9.59 Å². The third-order valence-corrected chi connectivity index (χ3v) is 5.03. The van der Waals surface area contributed by atoms with Crippen molar-refractivity contribution in [3.63, 3.8) is 0 Å². The summed E-state index contributed by atoms with van der Waals surface area (Å²) in [6.07, 6.45) is -0.0382. The summed E-state index contributed by atoms with van der Waals surface area (Å²) < 4.78 is 6.78. The van der Waals surface area contributed by atoms with Crippen molar-refractivity contribution in [2.24, 2.45) is 0 Å². The van der Waals surface area contributed by atoms with Gasteiger partial charge in [0.05, 0.1) is 24.9 Å². The van der Waals surface area contributed by atoms with E-state index < -0.39 is 11.9 Å². The Morgan fingerprint density at radius 3 is 2.62 bits per heavy atom. The summed E-state index contributed by atoms with van der Waals surface area (Å²) in [5.74, 6) is 0.251. The second-order valence-electron chi connectivity index (χ2n) is 6.47. The maximum Gasteiger partial charge on any atom is 0.249 e. The number of aromatic nitrogens is 2. The maximum atomic E-state index is 13.0. The Morgan fingerprint density at radius 2 is 1.90 bits per heavy atom. The van der Waals surface area contributed by atoms with Crippen LogP contribution in [0.2, 0.25) is 10.0 Å². The molecule has 0 saturated heterocycles. The summed E-state index contributed by atoms with van der Waals surface area (Å²) in [7, 11) is 1.50. The second kappa shape index (κ2) is 7.77. The van der Waals surface area contributed by atoms with E-state index in [4.69, 9.17) is 27.9 Å². The number of fused-ring (bicyclic) bond motifs is 1. The van der Waals surface area contributed by atoms with Gasteiger partial charge in [-0.25, -0.2) is 4.68 Å². The molecule has 7 nitrogen and oxygen atoms in total. The SMILES string of the molecule is COc1ccc(Cl)cc1NC(=O)[C@H]1CC(=O)Nc2cc(-c3ccc(Cl)cc3)nn21. The van der Waals surface area contributed by atoms with Crippen molar-refractivity contribution in [3.8, 4) is 17.0 Å². The van der Waals surface area contributed by atoms with Crippen molar-refractivity contribution in [1.82, 2.24) is 9.78 Å². The maximum absolute atomic E-state index is 13.0. The minimum absolute atomic E-state index is 0.0382. The highest BCUT2D eigenvalue weighted by molar-refractivity contribution is 6.31. The van der Waals surface area contributed by atoms with Gasteiger partial charge in [0.1, 0.15) is 17.6 Å². The Kier molecular flexibility index (Phi) is 5.17. The van der Waals surface area contributed by atoms with Gasteiger partial charge >= 0.3 is 0 Å². The van der Waals surface area contributed by atoms with Gasteiger partial charge in [0.25, 0.3) is 0 Å². The number of hydrogen-bond acceptors (Lipinski definition) is 4. The molecule has 2 N–H and O–H groups in total. The van der Waals surface area contributed by atoms with Gasteiger partial charge in [-0.1, -0.05) is 35.3 Å². The number of methoxy groups -OCH3 is 1. The minimum Gasteiger partial charge on any atom is -0.495 e. The van der Waals surface area contributed by atoms with Crippen LogP contribution in [0.15, 0.2) is 48.5 Å². The fourth-order valence-corrected chi connectivity index (χ4v) is 3.44. The monoisotopic (exact) mass is 430 g/mol. The van der Waals surface area contributed by atoms with Crippen LogP contribution in [0.5, 0.6) is 5.75 Å². The molecule has 1 aliphatic heterocycles. The van der Waals surface area contributed by atoms with E-state index >= 15 is 0 Å². The first-order chi connectivity index (χ1) is 13.9. The van der Waals surface area contributed by atoms with Gasteiger partial charge in [0.15, 0.2) is 0 Å². The number of rotatable bonds is 4. The lowest BCUT2D eigenvalue weighted by Gasteiger charge is -2.24. The van der Waals surface area contributed by atoms with Gasteiger partial charge in [-0.2, -0.15) is 5.10 Å². The highest BCUT2D eigenvalue weighted by Crippen LogP contribution is 2.32. The average molecular weight is 431 g/mol. The molecule has 9 heteroatoms. The molecule has 0 bridgehead atoms. The first-order valence-electron chi connectivity index (χ1n) is 8.74. The van der Waals surface area contributed by atoms with E-state index in [2.05, 4.69) is 15.7 Å². The molecule has 0 spiro atoms. The van der Waals surface area contributed by atoms with E-state index in [1.807, 2.05) is 12.1 Å². The normalized spacial score (nSPS) is 15.4. The van der Waals surface area contributed by atoms with E-state index in [1.54, 1.807) is 36.4 Å². The van der Waals surface area contributed by atoms with Crippen molar-refractivity contribution in [3.05, 3.63) is 58.6 Å². The topological polar surface area (TPSA) is 85.2 Å². The molecule has 4 rings (SSSR count). The Balaban J connectivity index is 1.66. The highest BCUT2D eigenvalue weighted by atomic mass is 35.5. The Labute approximate surface area is 176 Å². The summed E-state index contributed by atoms with van der Waals surface area (Å²) >= 11 is 12.0. The highest BCUT2D eigenvalue weighted by Gasteiger charge is 2.32. The molecule has 29 heavy (non-hydrogen) atoms. The van der Waals surface area contributed by atoms with Crippen molar-refractivity contribution in [2.45, 2.75) is 12.5 Å². The summed E-state index contributed by atoms with van der Waals surface area (Å²) in [6.45, 7) is 0. The fourth-order valence-electron chi connectivity index (χ4n) is 3.14. The van der Waals surface area contributed by atoms with Crippen LogP contribution in [0.1, 0.15) is 12.5 Å². The van der Waals surface area contributed by atoms with E-state index in [0.717, 1.165) is 5.56 Å². The van der Waals surface area contributed by atoms with Gasteiger partial charge in [0, 0.05) is 21.7 Å². The van der Waals surface area contributed by atoms with Crippen LogP contribution in [-0.4, -0.2) is 28.7 Å². The van der Waals surface area contributed by atoms with Gasteiger partial charge in [-0.05, 0) is 30.3 Å². The smallest absolute Gasteiger partial charge is 0.249 e. The number of nitrogens with zero attached hydrogens (tertiary/aromatic N) is 2. The van der Waals surface area contributed by atoms with Gasteiger partial charge < -0.3 is 15.4 Å². The summed E-state index contributed by atoms with van der Waals surface area (Å²) in [6, 6.07) is 13.0. The molecule has 148 valence electrons. The van der Waals surface area contributed by atoms with Gasteiger partial charge in [-0.3, -0.25) is 9.59 Å². The Bertz CT molecular complexity index is 1100. The molecule has 0 fully saturated rings. The van der Waals surface area contributed by atoms with Gasteiger partial charge in [-0.15, -0.1) is 0 Å². The van der Waals surface area contributed by atoms with Crippen molar-refractivity contribution in [2.75, 3.05) is 17.7 Å². The largest absolute Gasteiger partial charge is 0.495 e. The van der Waals surface area contributed by atoms with Crippen LogP contribution >= 0.6 is 23.2 Å². The lowest BCUT2D eigenvalue weighted by Crippen LogP contribution is -2.35. The molecule has 1 aromatic heterocycles. The van der Waals surface area contributed by atoms with Crippen LogP contribution in [0.25, 0.3) is 11.3 Å². The molecule has 0 unspecified atom stereocenters. The Morgan fingerprint density at radius 1 is 1.17 bits per heavy atom. The molecule has 2 heterocycles. The number of anilines is 2. The van der Waals surface area contributed by atoms with Gasteiger partial charge in [0.2, 0.25) is 11.8 Å². The number of amides is 2. The average Bonchev–Trinajstić information content (AvgIpc) is 3.11. The van der Waals surface area contributed by atoms with E-state index in [9.17, 15) is 9.59 Å². The van der Waals surface area contributed by atoms with E-state index in [1.165, 1.54) is 11.8 Å². The van der Waals surface area contributed by atoms with Crippen molar-refractivity contribution in [1.29, 1.82) is 0 Å². The molecule has 1 atom stereocenters. The third-order valence-electron chi connectivity index (χ3n) is 4.54. The van der Waals surface area contributed by atoms with Crippen LogP contribution in [0, 0.1) is 0 Å². The zero-order valence-corrected chi connectivity index (χ0v) is 16.8. The first-order valence-corrected chi connectivity index (χ1v) is 9.50. The number of nitrogens with one attached hydrogen (secondary N) is 2. The standard InChI is InChI=1S/C20H16Cl2N4O3/c1-29-17-7-6-13(22)8-15(17)23-20(28)16-10-19(27)24-18-9-14(25-26(16)18)11-2-4-12(21)5-3-11/h2-9,16H,10H2,1H3,(H,23,28)(H,24,27)/t16-/m1/s1. The van der Waals surface area contributed by atoms with Crippen LogP contribution in [0.3, 0.4) is 0 Å². The van der Waals surface area contributed by atoms with Crippen molar-refractivity contribution < 1.29 is 14.3 Å². The molecule has 0 saturated carbocycles. The molecular weight excluding hydrogens is 415 g/mol. The van der Waals surface area contributed by atoms with Crippen LogP contribution < -0.4 is 15.4 Å². The quantitative estimate of drug-likeness (QED) is 0.642. The molecule has 2 aromatic carbocycles. The molecule has 1 aliphatic rings. The first kappa shape index (κ1) is 19.3. The van der Waals surface area contributed by atoms with Crippen LogP contribution in [0.4, 0.5) is 11.5 Å². The minimum atomic E-state index is -0.816. The predicted molar refractivity (Wildman–Crippen MR) is 112 cm³/mol. The molecule has 2 amide bonds. The third kappa shape index (κ3) is 3.92. The predicted octanol–water partition coefficient (Wildman–Crippen LogP) is 4.39. The van der Waals surface area contributed by atoms with Crippen molar-refractivity contribution >= 4 is 46.5 Å². The number of hydrogen-bond donors (Lipinski definition) is 2. The van der Waals surface area contributed by atoms with E-state index in [0.29, 0.717) is 33.0 Å². The number of carbonyl (C=O) groups is 2. The Hall–Kier alpha value is -3.03. The zero-order valence-electron chi connectivity index (χ0n) is 15.3. The lowest BCUT2D eigenvalue weighted by molar-refractivity contribution is -0.125. The molecule has 0 aliphatic carbocycles. The molecule has 3 aromatic rings. The number of benzene rings is 2. The zero-order chi connectivity index (χ0) is 20.5.